The van der Waals surface area contributed by atoms with Crippen LogP contribution in [0.4, 0.5) is 17.1 Å². The minimum Gasteiger partial charge on any atom is -0.455 e. The average Bonchev–Trinajstić information content (AvgIpc) is 3.77. The first-order chi connectivity index (χ1) is 34.9. The van der Waals surface area contributed by atoms with Gasteiger partial charge in [0, 0.05) is 22.1 Å². The van der Waals surface area contributed by atoms with E-state index in [0.29, 0.717) is 4.90 Å². The van der Waals surface area contributed by atoms with Crippen LogP contribution in [-0.4, -0.2) is 0 Å². The Bertz CT molecular complexity index is 4100. The Morgan fingerprint density at radius 2 is 1.00 bits per heavy atom. The fraction of sp³-hybridized carbons (Fsp3) is 0. The van der Waals surface area contributed by atoms with Gasteiger partial charge in [0.15, 0.2) is 0 Å². The third kappa shape index (κ3) is 4.43. The van der Waals surface area contributed by atoms with Crippen LogP contribution in [0, 0.1) is 0 Å². The Balaban J connectivity index is 1.52. The predicted molar refractivity (Wildman–Crippen MR) is 194 cm³/mol. The van der Waals surface area contributed by atoms with E-state index in [1.165, 1.54) is 0 Å². The van der Waals surface area contributed by atoms with Gasteiger partial charge in [-0.1, -0.05) is 127 Å². The number of anilines is 3. The zero-order valence-corrected chi connectivity index (χ0v) is 22.9. The lowest BCUT2D eigenvalue weighted by Gasteiger charge is -2.26. The molecule has 2 nitrogen and oxygen atoms in total. The minimum absolute atomic E-state index is 0.414. The lowest BCUT2D eigenvalue weighted by atomic mass is 10.0. The summed E-state index contributed by atoms with van der Waals surface area (Å²) in [5.74, 6) is 0. The largest absolute Gasteiger partial charge is 0.455 e. The normalized spacial score (nSPS) is 20.3. The molecule has 1 aromatic heterocycles. The van der Waals surface area contributed by atoms with Crippen molar-refractivity contribution >= 4 is 60.5 Å². The van der Waals surface area contributed by atoms with E-state index in [1.54, 1.807) is 0 Å². The first-order valence-electron chi connectivity index (χ1n) is 27.8. The van der Waals surface area contributed by atoms with Gasteiger partial charge in [0.05, 0.1) is 50.8 Å². The summed E-state index contributed by atoms with van der Waals surface area (Å²) in [7, 11) is 0. The molecule has 1 heterocycles. The Kier molecular flexibility index (Phi) is 2.39. The van der Waals surface area contributed by atoms with Crippen molar-refractivity contribution in [1.82, 2.24) is 0 Å². The molecule has 0 atom stereocenters. The van der Waals surface area contributed by atoms with Crippen molar-refractivity contribution < 1.29 is 44.2 Å². The average molecular weight is 617 g/mol. The molecular weight excluding hydrogens is 558 g/mol. The van der Waals surface area contributed by atoms with Crippen molar-refractivity contribution in [1.29, 1.82) is 0 Å². The first kappa shape index (κ1) is 10.2. The van der Waals surface area contributed by atoms with E-state index in [9.17, 15) is 13.7 Å². The number of rotatable bonds is 5. The Morgan fingerprint density at radius 3 is 1.76 bits per heavy atom. The van der Waals surface area contributed by atoms with Gasteiger partial charge in [0.25, 0.3) is 0 Å². The number of hydrogen-bond acceptors (Lipinski definition) is 2. The van der Waals surface area contributed by atoms with Gasteiger partial charge in [-0.05, 0) is 86.8 Å². The molecule has 0 bridgehead atoms. The fourth-order valence-electron chi connectivity index (χ4n) is 4.82. The van der Waals surface area contributed by atoms with Crippen LogP contribution in [0.15, 0.2) is 180 Å². The highest BCUT2D eigenvalue weighted by Gasteiger charge is 2.20. The summed E-state index contributed by atoms with van der Waals surface area (Å²) in [5.41, 5.74) is -8.08. The second-order valence-electron chi connectivity index (χ2n) is 9.52. The molecule has 0 N–H and O–H groups in total. The first-order valence-corrected chi connectivity index (χ1v) is 13.3. The van der Waals surface area contributed by atoms with Crippen LogP contribution in [0.2, 0.25) is 0 Å². The summed E-state index contributed by atoms with van der Waals surface area (Å²) in [5, 5.41) is -3.62. The monoisotopic (exact) mass is 616 g/mol. The van der Waals surface area contributed by atoms with E-state index in [-0.39, 0.29) is 0 Å². The van der Waals surface area contributed by atoms with Crippen LogP contribution >= 0.6 is 0 Å². The number of fused-ring (bicyclic) bond motifs is 6. The van der Waals surface area contributed by atoms with Crippen molar-refractivity contribution in [3.8, 4) is 22.3 Å². The van der Waals surface area contributed by atoms with Crippen molar-refractivity contribution in [2.75, 3.05) is 4.90 Å². The molecule has 0 amide bonds. The van der Waals surface area contributed by atoms with Crippen molar-refractivity contribution in [2.45, 2.75) is 0 Å². The van der Waals surface area contributed by atoms with Gasteiger partial charge in [-0.25, -0.2) is 0 Å². The molecule has 8 aromatic carbocycles. The molecular formula is C44H29NO. The molecule has 0 aliphatic rings. The highest BCUT2D eigenvalue weighted by atomic mass is 16.3. The molecule has 9 aromatic rings. The minimum atomic E-state index is -1.26. The molecule has 9 rings (SSSR count). The van der Waals surface area contributed by atoms with Crippen molar-refractivity contribution in [2.24, 2.45) is 0 Å². The SMILES string of the molecule is [2H]c1c([2H])c([2H])c(-c2c([2H])c([2H])c(N(c3c([2H])c([2H])c(-c4c([2H])c([2H])c5c([2H])c([2H])c([2H])c([2H])c5c4[2H])c([2H])c3[2H])c3c([2H])c([2H])c([2H])c4oc5c6c([2H])c([2H])c([2H])c([2H])c6c([2H])c([2H])c5c34)c([2H])c2[2H])c([2H])c1[2H]. The molecule has 0 spiro atoms. The zero-order valence-electron chi connectivity index (χ0n) is 51.9. The summed E-state index contributed by atoms with van der Waals surface area (Å²) in [6, 6.07) is -28.7. The zero-order chi connectivity index (χ0) is 55.7. The van der Waals surface area contributed by atoms with Crippen LogP contribution < -0.4 is 4.90 Å². The quantitative estimate of drug-likeness (QED) is 0.191. The highest BCUT2D eigenvalue weighted by Crippen LogP contribution is 2.44. The van der Waals surface area contributed by atoms with Crippen molar-refractivity contribution in [3.05, 3.63) is 175 Å². The number of benzene rings is 8. The fourth-order valence-corrected chi connectivity index (χ4v) is 4.82. The lowest BCUT2D eigenvalue weighted by molar-refractivity contribution is 0.672. The predicted octanol–water partition coefficient (Wildman–Crippen LogP) is 12.7. The summed E-state index contributed by atoms with van der Waals surface area (Å²) in [4.78, 5) is 0.414. The molecule has 0 saturated carbocycles. The van der Waals surface area contributed by atoms with Gasteiger partial charge in [-0.2, -0.15) is 0 Å². The van der Waals surface area contributed by atoms with E-state index >= 15 is 0 Å². The number of hydrogen-bond donors (Lipinski definition) is 0. The van der Waals surface area contributed by atoms with Gasteiger partial charge in [0.2, 0.25) is 0 Å². The van der Waals surface area contributed by atoms with Gasteiger partial charge >= 0.3 is 0 Å². The van der Waals surface area contributed by atoms with E-state index in [1.807, 2.05) is 0 Å². The highest BCUT2D eigenvalue weighted by molar-refractivity contribution is 6.19. The van der Waals surface area contributed by atoms with Gasteiger partial charge < -0.3 is 9.32 Å². The number of nitrogens with zero attached hydrogens (tertiary/aromatic N) is 1. The van der Waals surface area contributed by atoms with Crippen LogP contribution in [0.3, 0.4) is 0 Å². The number of furan rings is 1. The molecule has 216 valence electrons. The van der Waals surface area contributed by atoms with Gasteiger partial charge in [-0.3, -0.25) is 0 Å². The van der Waals surface area contributed by atoms with Gasteiger partial charge in [-0.15, -0.1) is 0 Å². The molecule has 0 aliphatic carbocycles. The second-order valence-corrected chi connectivity index (χ2v) is 9.52. The third-order valence-electron chi connectivity index (χ3n) is 6.87. The van der Waals surface area contributed by atoms with Crippen molar-refractivity contribution in [3.63, 3.8) is 0 Å². The summed E-state index contributed by atoms with van der Waals surface area (Å²) in [6.07, 6.45) is 0. The van der Waals surface area contributed by atoms with Crippen LogP contribution in [0.1, 0.15) is 39.8 Å². The Morgan fingerprint density at radius 1 is 0.413 bits per heavy atom. The van der Waals surface area contributed by atoms with E-state index in [2.05, 4.69) is 0 Å². The summed E-state index contributed by atoms with van der Waals surface area (Å²) in [6.45, 7) is 0. The smallest absolute Gasteiger partial charge is 0.143 e. The molecule has 0 fully saturated rings. The van der Waals surface area contributed by atoms with E-state index in [0.717, 1.165) is 0 Å². The Labute approximate surface area is 308 Å². The molecule has 2 heteroatoms. The maximum absolute atomic E-state index is 9.61. The third-order valence-corrected chi connectivity index (χ3v) is 6.87. The maximum Gasteiger partial charge on any atom is 0.143 e. The summed E-state index contributed by atoms with van der Waals surface area (Å²) >= 11 is 0. The maximum atomic E-state index is 9.61. The molecule has 0 radical (unpaired) electrons. The molecule has 46 heavy (non-hydrogen) atoms. The second kappa shape index (κ2) is 10.8. The van der Waals surface area contributed by atoms with E-state index < -0.39 is 258 Å². The van der Waals surface area contributed by atoms with E-state index in [4.69, 9.17) is 30.5 Å². The van der Waals surface area contributed by atoms with Crippen LogP contribution in [-0.2, 0) is 0 Å². The topological polar surface area (TPSA) is 16.4 Å². The molecule has 0 aliphatic heterocycles. The Hall–Kier alpha value is -6.12. The molecule has 0 unspecified atom stereocenters. The van der Waals surface area contributed by atoms with Gasteiger partial charge in [0.1, 0.15) is 11.2 Å². The van der Waals surface area contributed by atoms with Crippen LogP contribution in [0.25, 0.3) is 65.7 Å². The molecule has 0 saturated heterocycles. The summed E-state index contributed by atoms with van der Waals surface area (Å²) < 4.78 is 264. The lowest BCUT2D eigenvalue weighted by Crippen LogP contribution is -2.10. The standard InChI is InChI=1S/C44H29NO/c1-2-9-30(10-3-1)32-19-24-37(25-20-32)45(38-26-21-33(22-27-38)36-18-17-31-11-4-5-13-35(31)29-36)41-15-8-16-42-43(41)40-28-23-34-12-6-7-14-39(34)44(40)46-42/h1-29H/i1D,2D,3D,4D,5D,6D,7D,8D,9D,10D,11D,12D,13D,14D,15D,16D,17D,18D,19D,20D,21D,22D,23D,24D,25D,26D,27D,28D,29D. The van der Waals surface area contributed by atoms with Crippen LogP contribution in [0.5, 0.6) is 0 Å².